The molecule has 1 saturated carbocycles. The molecular weight excluding hydrogens is 622 g/mol. The maximum absolute atomic E-state index is 6.64. The second-order valence-electron chi connectivity index (χ2n) is 15.8. The highest BCUT2D eigenvalue weighted by atomic mass is 35.5. The smallest absolute Gasteiger partial charge is 0.226 e. The van der Waals surface area contributed by atoms with E-state index in [-0.39, 0.29) is 23.5 Å². The molecule has 1 unspecified atom stereocenters. The van der Waals surface area contributed by atoms with Gasteiger partial charge in [-0.2, -0.15) is 15.1 Å². The van der Waals surface area contributed by atoms with Gasteiger partial charge < -0.3 is 28.3 Å². The molecule has 1 spiro atoms. The highest BCUT2D eigenvalue weighted by Crippen LogP contribution is 2.49. The van der Waals surface area contributed by atoms with Crippen LogP contribution in [0.25, 0.3) is 11.0 Å². The van der Waals surface area contributed by atoms with Crippen LogP contribution in [0.3, 0.4) is 0 Å². The molecule has 10 nitrogen and oxygen atoms in total. The minimum atomic E-state index is -1.87. The molecule has 3 saturated heterocycles. The molecule has 3 aromatic rings. The van der Waals surface area contributed by atoms with E-state index in [1.807, 2.05) is 38.2 Å². The maximum Gasteiger partial charge on any atom is 0.226 e. The van der Waals surface area contributed by atoms with Gasteiger partial charge in [-0.25, -0.2) is 4.68 Å². The third-order valence-electron chi connectivity index (χ3n) is 10.8. The predicted octanol–water partition coefficient (Wildman–Crippen LogP) is 7.05. The summed E-state index contributed by atoms with van der Waals surface area (Å²) in [5.74, 6) is 0.727. The Kier molecular flexibility index (Phi) is 8.01. The zero-order valence-corrected chi connectivity index (χ0v) is 30.0. The third-order valence-corrected chi connectivity index (χ3v) is 15.5. The second-order valence-corrected chi connectivity index (χ2v) is 20.9. The van der Waals surface area contributed by atoms with Gasteiger partial charge >= 0.3 is 0 Å². The molecule has 12 heteroatoms. The molecular formula is C34H48ClN5O5Si. The first kappa shape index (κ1) is 32.3. The first-order chi connectivity index (χ1) is 21.7. The van der Waals surface area contributed by atoms with Crippen LogP contribution in [0.5, 0.6) is 5.75 Å². The molecule has 2 aromatic heterocycles. The van der Waals surface area contributed by atoms with Crippen molar-refractivity contribution in [2.45, 2.75) is 115 Å². The van der Waals surface area contributed by atoms with E-state index in [2.05, 4.69) is 54.8 Å². The average molecular weight is 670 g/mol. The lowest BCUT2D eigenvalue weighted by Gasteiger charge is -2.53. The van der Waals surface area contributed by atoms with E-state index < -0.39 is 32.0 Å². The van der Waals surface area contributed by atoms with Crippen molar-refractivity contribution in [1.29, 1.82) is 0 Å². The van der Waals surface area contributed by atoms with Crippen molar-refractivity contribution in [3.05, 3.63) is 41.3 Å². The normalized spacial score (nSPS) is 27.3. The summed E-state index contributed by atoms with van der Waals surface area (Å²) in [6, 6.07) is 8.08. The highest BCUT2D eigenvalue weighted by molar-refractivity contribution is 6.74. The molecule has 3 atom stereocenters. The van der Waals surface area contributed by atoms with Gasteiger partial charge in [-0.3, -0.25) is 0 Å². The van der Waals surface area contributed by atoms with E-state index >= 15 is 0 Å². The Balaban J connectivity index is 1.10. The molecule has 0 N–H and O–H groups in total. The fourth-order valence-electron chi connectivity index (χ4n) is 7.36. The predicted molar refractivity (Wildman–Crippen MR) is 180 cm³/mol. The van der Waals surface area contributed by atoms with Crippen LogP contribution in [0.4, 0.5) is 5.82 Å². The maximum atomic E-state index is 6.64. The van der Waals surface area contributed by atoms with E-state index in [1.54, 1.807) is 4.68 Å². The van der Waals surface area contributed by atoms with Gasteiger partial charge in [0.1, 0.15) is 37.0 Å². The summed E-state index contributed by atoms with van der Waals surface area (Å²) in [6.07, 6.45) is 7.47. The first-order valence-electron chi connectivity index (χ1n) is 16.7. The molecule has 0 bridgehead atoms. The van der Waals surface area contributed by atoms with Crippen molar-refractivity contribution in [2.75, 3.05) is 31.2 Å². The summed E-state index contributed by atoms with van der Waals surface area (Å²) in [6.45, 7) is 18.2. The van der Waals surface area contributed by atoms with Crippen LogP contribution in [-0.4, -0.2) is 72.4 Å². The lowest BCUT2D eigenvalue weighted by atomic mass is 9.68. The Labute approximate surface area is 278 Å². The molecule has 3 aliphatic heterocycles. The van der Waals surface area contributed by atoms with Gasteiger partial charge in [0.2, 0.25) is 11.0 Å². The van der Waals surface area contributed by atoms with Crippen LogP contribution >= 0.6 is 11.6 Å². The molecule has 46 heavy (non-hydrogen) atoms. The quantitative estimate of drug-likeness (QED) is 0.185. The lowest BCUT2D eigenvalue weighted by Crippen LogP contribution is -2.57. The summed E-state index contributed by atoms with van der Waals surface area (Å²) in [4.78, 5) is 11.7. The Hall–Kier alpha value is -2.28. The third kappa shape index (κ3) is 5.75. The van der Waals surface area contributed by atoms with Gasteiger partial charge in [0, 0.05) is 18.5 Å². The van der Waals surface area contributed by atoms with Crippen molar-refractivity contribution in [3.8, 4) is 5.75 Å². The molecule has 0 radical (unpaired) electrons. The van der Waals surface area contributed by atoms with Gasteiger partial charge in [0.25, 0.3) is 0 Å². The summed E-state index contributed by atoms with van der Waals surface area (Å²) in [5, 5.41) is 6.03. The standard InChI is InChI=1S/C34H48ClN5O5Si/c1-31(2,3)46(6,7)43-18-23-12-11-13-24(16-23)41-19-26-27-34(22-42-26,45-32(4,5)44-27)40-29-25(17-36-40)28(37-30(35)38-29)39-20-33(21-39)14-9-8-10-15-33/h11-13,16-17,26-27H,8-10,14-15,18-22H2,1-7H3/t26?,27-,34-/m1/s1. The van der Waals surface area contributed by atoms with Crippen LogP contribution in [0, 0.1) is 5.41 Å². The number of hydrogen-bond acceptors (Lipinski definition) is 9. The Morgan fingerprint density at radius 2 is 1.85 bits per heavy atom. The van der Waals surface area contributed by atoms with Gasteiger partial charge in [0.05, 0.1) is 18.2 Å². The van der Waals surface area contributed by atoms with Crippen molar-refractivity contribution >= 4 is 36.8 Å². The van der Waals surface area contributed by atoms with Gasteiger partial charge in [-0.05, 0) is 74.1 Å². The van der Waals surface area contributed by atoms with Crippen molar-refractivity contribution in [2.24, 2.45) is 5.41 Å². The summed E-state index contributed by atoms with van der Waals surface area (Å²) >= 11 is 6.57. The number of ether oxygens (including phenoxy) is 4. The van der Waals surface area contributed by atoms with Crippen LogP contribution in [-0.2, 0) is 31.0 Å². The first-order valence-corrected chi connectivity index (χ1v) is 20.0. The van der Waals surface area contributed by atoms with Crippen LogP contribution in [0.2, 0.25) is 23.4 Å². The number of fused-ring (bicyclic) bond motifs is 2. The van der Waals surface area contributed by atoms with Crippen LogP contribution < -0.4 is 9.64 Å². The monoisotopic (exact) mass is 669 g/mol. The SMILES string of the molecule is CC1(C)O[C@@H]2C(COc3cccc(CO[Si](C)(C)C(C)(C)C)c3)OC[C@@]2(n2ncc3c(N4CC5(CCCCC5)C4)nc(Cl)nc32)O1. The zero-order valence-electron chi connectivity index (χ0n) is 28.3. The fourth-order valence-corrected chi connectivity index (χ4v) is 8.48. The topological polar surface area (TPSA) is 93.0 Å². The number of rotatable bonds is 8. The molecule has 0 amide bonds. The number of hydrogen-bond donors (Lipinski definition) is 0. The molecule has 250 valence electrons. The van der Waals surface area contributed by atoms with Gasteiger partial charge in [-0.1, -0.05) is 52.2 Å². The lowest BCUT2D eigenvalue weighted by molar-refractivity contribution is -0.208. The Morgan fingerprint density at radius 3 is 2.59 bits per heavy atom. The van der Waals surface area contributed by atoms with E-state index in [9.17, 15) is 0 Å². The Morgan fingerprint density at radius 1 is 1.09 bits per heavy atom. The molecule has 1 aliphatic carbocycles. The largest absolute Gasteiger partial charge is 0.491 e. The minimum Gasteiger partial charge on any atom is -0.491 e. The van der Waals surface area contributed by atoms with Crippen molar-refractivity contribution in [1.82, 2.24) is 19.7 Å². The van der Waals surface area contributed by atoms with Crippen LogP contribution in [0.1, 0.15) is 72.3 Å². The molecule has 4 aliphatic rings. The summed E-state index contributed by atoms with van der Waals surface area (Å²) in [5.41, 5.74) is 1.06. The van der Waals surface area contributed by atoms with E-state index in [1.165, 1.54) is 32.1 Å². The Bertz CT molecular complexity index is 1590. The fraction of sp³-hybridized carbons (Fsp3) is 0.676. The zero-order chi connectivity index (χ0) is 32.5. The van der Waals surface area contributed by atoms with E-state index in [4.69, 9.17) is 40.1 Å². The van der Waals surface area contributed by atoms with Crippen LogP contribution in [0.15, 0.2) is 30.5 Å². The molecule has 4 fully saturated rings. The molecule has 7 rings (SSSR count). The van der Waals surface area contributed by atoms with Crippen molar-refractivity contribution < 1.29 is 23.4 Å². The number of nitrogens with zero attached hydrogens (tertiary/aromatic N) is 5. The highest BCUT2D eigenvalue weighted by Gasteiger charge is 2.64. The summed E-state index contributed by atoms with van der Waals surface area (Å²) < 4.78 is 34.1. The summed E-state index contributed by atoms with van der Waals surface area (Å²) in [7, 11) is -1.87. The van der Waals surface area contributed by atoms with Crippen molar-refractivity contribution in [3.63, 3.8) is 0 Å². The average Bonchev–Trinajstić information content (AvgIpc) is 3.63. The number of benzene rings is 1. The second kappa shape index (κ2) is 11.4. The number of aromatic nitrogens is 4. The van der Waals surface area contributed by atoms with Gasteiger partial charge in [0.15, 0.2) is 19.8 Å². The minimum absolute atomic E-state index is 0.149. The number of halogens is 1. The van der Waals surface area contributed by atoms with E-state index in [0.29, 0.717) is 17.7 Å². The molecule has 1 aromatic carbocycles. The van der Waals surface area contributed by atoms with Gasteiger partial charge in [-0.15, -0.1) is 0 Å². The molecule has 5 heterocycles. The van der Waals surface area contributed by atoms with E-state index in [0.717, 1.165) is 35.6 Å². The number of anilines is 1.